The average Bonchev–Trinajstić information content (AvgIpc) is 3.20. The zero-order valence-corrected chi connectivity index (χ0v) is 19.3. The van der Waals surface area contributed by atoms with Gasteiger partial charge in [-0.25, -0.2) is 14.2 Å². The van der Waals surface area contributed by atoms with Crippen molar-refractivity contribution in [3.63, 3.8) is 0 Å². The number of nitrogens with zero attached hydrogens (tertiary/aromatic N) is 1. The fourth-order valence-corrected chi connectivity index (χ4v) is 3.42. The summed E-state index contributed by atoms with van der Waals surface area (Å²) in [6.07, 6.45) is 3.70. The van der Waals surface area contributed by atoms with Crippen molar-refractivity contribution in [3.05, 3.63) is 100.0 Å². The predicted octanol–water partition coefficient (Wildman–Crippen LogP) is 6.58. The van der Waals surface area contributed by atoms with Gasteiger partial charge in [-0.15, -0.1) is 0 Å². The predicted molar refractivity (Wildman–Crippen MR) is 130 cm³/mol. The summed E-state index contributed by atoms with van der Waals surface area (Å²) in [5.41, 5.74) is 1.93. The van der Waals surface area contributed by atoms with Crippen molar-refractivity contribution in [2.24, 2.45) is 4.99 Å². The number of carbonyl (C=O) groups excluding carboxylic acids is 1. The van der Waals surface area contributed by atoms with Crippen molar-refractivity contribution < 1.29 is 23.4 Å². The maximum Gasteiger partial charge on any atom is 0.363 e. The zero-order chi connectivity index (χ0) is 23.9. The van der Waals surface area contributed by atoms with E-state index in [1.807, 2.05) is 24.3 Å². The van der Waals surface area contributed by atoms with Crippen LogP contribution in [0.1, 0.15) is 36.5 Å². The molecule has 0 aliphatic carbocycles. The van der Waals surface area contributed by atoms with Crippen molar-refractivity contribution in [1.82, 2.24) is 0 Å². The number of carbonyl (C=O) groups is 1. The Morgan fingerprint density at radius 2 is 1.71 bits per heavy atom. The highest BCUT2D eigenvalue weighted by molar-refractivity contribution is 6.31. The zero-order valence-electron chi connectivity index (χ0n) is 18.6. The molecular formula is C27H23ClFNO4. The average molecular weight is 480 g/mol. The quantitative estimate of drug-likeness (QED) is 0.197. The molecule has 3 aromatic rings. The first kappa shape index (κ1) is 23.5. The number of esters is 1. The second-order valence-corrected chi connectivity index (χ2v) is 8.03. The van der Waals surface area contributed by atoms with Crippen LogP contribution in [-0.2, 0) is 16.1 Å². The maximum atomic E-state index is 13.9. The van der Waals surface area contributed by atoms with Crippen molar-refractivity contribution >= 4 is 29.5 Å². The molecule has 5 nitrogen and oxygen atoms in total. The fourth-order valence-electron chi connectivity index (χ4n) is 3.20. The van der Waals surface area contributed by atoms with Gasteiger partial charge in [-0.1, -0.05) is 43.1 Å². The summed E-state index contributed by atoms with van der Waals surface area (Å²) in [7, 11) is 0. The van der Waals surface area contributed by atoms with Crippen LogP contribution in [0.5, 0.6) is 11.5 Å². The van der Waals surface area contributed by atoms with E-state index in [1.165, 1.54) is 6.07 Å². The van der Waals surface area contributed by atoms with Gasteiger partial charge >= 0.3 is 5.97 Å². The van der Waals surface area contributed by atoms with Crippen LogP contribution >= 0.6 is 11.6 Å². The number of ether oxygens (including phenoxy) is 3. The lowest BCUT2D eigenvalue weighted by molar-refractivity contribution is -0.129. The van der Waals surface area contributed by atoms with E-state index in [2.05, 4.69) is 11.9 Å². The summed E-state index contributed by atoms with van der Waals surface area (Å²) in [5, 5.41) is 0.313. The molecule has 1 aliphatic rings. The molecule has 0 bridgehead atoms. The molecule has 34 heavy (non-hydrogen) atoms. The first-order chi connectivity index (χ1) is 16.5. The molecule has 0 radical (unpaired) electrons. The van der Waals surface area contributed by atoms with E-state index in [-0.39, 0.29) is 18.2 Å². The summed E-state index contributed by atoms with van der Waals surface area (Å²) in [6.45, 7) is 2.78. The summed E-state index contributed by atoms with van der Waals surface area (Å²) >= 11 is 6.03. The Morgan fingerprint density at radius 3 is 2.41 bits per heavy atom. The van der Waals surface area contributed by atoms with E-state index in [0.717, 1.165) is 24.2 Å². The van der Waals surface area contributed by atoms with Crippen LogP contribution in [0, 0.1) is 5.82 Å². The number of cyclic esters (lactones) is 1. The monoisotopic (exact) mass is 479 g/mol. The SMILES string of the molecule is CCCCOc1ccc(C2=N/C(=C/c3ccc(OCc4c(F)cccc4Cl)cc3)C(=O)O2)cc1. The molecule has 1 heterocycles. The molecule has 0 unspecified atom stereocenters. The largest absolute Gasteiger partial charge is 0.494 e. The molecule has 0 amide bonds. The number of hydrogen-bond acceptors (Lipinski definition) is 5. The molecule has 7 heteroatoms. The van der Waals surface area contributed by atoms with Crippen molar-refractivity contribution in [2.45, 2.75) is 26.4 Å². The number of benzene rings is 3. The molecule has 1 aliphatic heterocycles. The lowest BCUT2D eigenvalue weighted by Crippen LogP contribution is -2.05. The summed E-state index contributed by atoms with van der Waals surface area (Å²) in [5.74, 6) is 0.616. The number of unbranched alkanes of at least 4 members (excludes halogenated alkanes) is 1. The van der Waals surface area contributed by atoms with Crippen LogP contribution in [0.4, 0.5) is 4.39 Å². The van der Waals surface area contributed by atoms with Gasteiger partial charge in [0.1, 0.15) is 23.9 Å². The minimum Gasteiger partial charge on any atom is -0.494 e. The van der Waals surface area contributed by atoms with Gasteiger partial charge in [-0.2, -0.15) is 0 Å². The van der Waals surface area contributed by atoms with Gasteiger partial charge in [0.2, 0.25) is 5.90 Å². The molecule has 0 fully saturated rings. The Morgan fingerprint density at radius 1 is 1.00 bits per heavy atom. The van der Waals surface area contributed by atoms with Gasteiger partial charge in [-0.05, 0) is 66.6 Å². The van der Waals surface area contributed by atoms with Gasteiger partial charge in [0.15, 0.2) is 5.70 Å². The van der Waals surface area contributed by atoms with Crippen LogP contribution in [0.15, 0.2) is 77.4 Å². The molecular weight excluding hydrogens is 457 g/mol. The molecule has 0 aromatic heterocycles. The van der Waals surface area contributed by atoms with Gasteiger partial charge in [0, 0.05) is 11.1 Å². The molecule has 4 rings (SSSR count). The highest BCUT2D eigenvalue weighted by atomic mass is 35.5. The first-order valence-corrected chi connectivity index (χ1v) is 11.3. The highest BCUT2D eigenvalue weighted by Gasteiger charge is 2.24. The first-order valence-electron chi connectivity index (χ1n) is 10.9. The van der Waals surface area contributed by atoms with Crippen LogP contribution in [0.3, 0.4) is 0 Å². The minimum atomic E-state index is -0.521. The van der Waals surface area contributed by atoms with Gasteiger partial charge < -0.3 is 14.2 Å². The second-order valence-electron chi connectivity index (χ2n) is 7.62. The van der Waals surface area contributed by atoms with Gasteiger partial charge in [-0.3, -0.25) is 0 Å². The summed E-state index contributed by atoms with van der Waals surface area (Å²) in [6, 6.07) is 18.8. The lowest BCUT2D eigenvalue weighted by atomic mass is 10.2. The Kier molecular flexibility index (Phi) is 7.60. The maximum absolute atomic E-state index is 13.9. The van der Waals surface area contributed by atoms with Crippen LogP contribution in [0.25, 0.3) is 6.08 Å². The Balaban J connectivity index is 1.41. The van der Waals surface area contributed by atoms with Gasteiger partial charge in [0.25, 0.3) is 0 Å². The topological polar surface area (TPSA) is 57.1 Å². The van der Waals surface area contributed by atoms with Crippen LogP contribution in [0.2, 0.25) is 5.02 Å². The molecule has 0 N–H and O–H groups in total. The second kappa shape index (κ2) is 11.0. The Hall–Kier alpha value is -3.64. The number of halogens is 2. The molecule has 0 atom stereocenters. The van der Waals surface area contributed by atoms with E-state index in [1.54, 1.807) is 42.5 Å². The van der Waals surface area contributed by atoms with E-state index in [4.69, 9.17) is 25.8 Å². The minimum absolute atomic E-state index is 0.00829. The van der Waals surface area contributed by atoms with Crippen molar-refractivity contribution in [3.8, 4) is 11.5 Å². The Labute approximate surface area is 202 Å². The molecule has 0 saturated heterocycles. The Bertz CT molecular complexity index is 1200. The van der Waals surface area contributed by atoms with E-state index in [0.29, 0.717) is 28.5 Å². The lowest BCUT2D eigenvalue weighted by Gasteiger charge is -2.09. The van der Waals surface area contributed by atoms with Crippen LogP contribution in [-0.4, -0.2) is 18.5 Å². The molecule has 0 spiro atoms. The van der Waals surface area contributed by atoms with Crippen LogP contribution < -0.4 is 9.47 Å². The molecule has 0 saturated carbocycles. The third-order valence-corrected chi connectivity index (χ3v) is 5.47. The molecule has 3 aromatic carbocycles. The smallest absolute Gasteiger partial charge is 0.363 e. The van der Waals surface area contributed by atoms with Crippen molar-refractivity contribution in [1.29, 1.82) is 0 Å². The standard InChI is InChI=1S/C27H23ClFNO4/c1-2-3-15-32-20-13-9-19(10-14-20)26-30-25(27(31)34-26)16-18-7-11-21(12-8-18)33-17-22-23(28)5-4-6-24(22)29/h4-14,16H,2-3,15,17H2,1H3/b25-16+. The molecule has 174 valence electrons. The highest BCUT2D eigenvalue weighted by Crippen LogP contribution is 2.24. The summed E-state index contributed by atoms with van der Waals surface area (Å²) in [4.78, 5) is 16.6. The number of rotatable bonds is 9. The fraction of sp³-hybridized carbons (Fsp3) is 0.185. The number of aliphatic imine (C=N–C) groups is 1. The third kappa shape index (κ3) is 5.83. The van der Waals surface area contributed by atoms with Crippen molar-refractivity contribution in [2.75, 3.05) is 6.61 Å². The normalized spacial score (nSPS) is 14.1. The van der Waals surface area contributed by atoms with E-state index in [9.17, 15) is 9.18 Å². The van der Waals surface area contributed by atoms with E-state index >= 15 is 0 Å². The summed E-state index contributed by atoms with van der Waals surface area (Å²) < 4.78 is 30.5. The van der Waals surface area contributed by atoms with Gasteiger partial charge in [0.05, 0.1) is 11.6 Å². The third-order valence-electron chi connectivity index (χ3n) is 5.12. The van der Waals surface area contributed by atoms with E-state index < -0.39 is 11.8 Å². The number of hydrogen-bond donors (Lipinski definition) is 0.